The molecule has 1 aliphatic rings. The lowest BCUT2D eigenvalue weighted by atomic mass is 9.88. The largest absolute Gasteiger partial charge is 0.336 e. The van der Waals surface area contributed by atoms with Crippen molar-refractivity contribution in [2.24, 2.45) is 5.73 Å². The minimum absolute atomic E-state index is 0.0752. The van der Waals surface area contributed by atoms with E-state index in [0.29, 0.717) is 23.7 Å². The molecule has 2 N–H and O–H groups in total. The van der Waals surface area contributed by atoms with Gasteiger partial charge >= 0.3 is 0 Å². The van der Waals surface area contributed by atoms with Crippen LogP contribution in [0.3, 0.4) is 0 Å². The van der Waals surface area contributed by atoms with Gasteiger partial charge in [-0.3, -0.25) is 4.79 Å². The number of carbonyl (C=O) groups excluding carboxylic acids is 1. The van der Waals surface area contributed by atoms with Gasteiger partial charge in [0, 0.05) is 35.6 Å². The molecule has 2 atom stereocenters. The van der Waals surface area contributed by atoms with E-state index in [1.54, 1.807) is 4.90 Å². The van der Waals surface area contributed by atoms with Crippen molar-refractivity contribution in [3.05, 3.63) is 70.5 Å². The van der Waals surface area contributed by atoms with Gasteiger partial charge in [-0.2, -0.15) is 0 Å². The van der Waals surface area contributed by atoms with E-state index in [2.05, 4.69) is 0 Å². The number of likely N-dealkylation sites (tertiary alicyclic amines) is 1. The Morgan fingerprint density at radius 1 is 1.09 bits per heavy atom. The maximum Gasteiger partial charge on any atom is 0.253 e. The summed E-state index contributed by atoms with van der Waals surface area (Å²) in [6.45, 7) is 1.12. The summed E-state index contributed by atoms with van der Waals surface area (Å²) < 4.78 is 13.0. The molecule has 3 nitrogen and oxygen atoms in total. The second kappa shape index (κ2) is 6.69. The molecule has 2 aromatic rings. The van der Waals surface area contributed by atoms with E-state index in [1.807, 2.05) is 24.3 Å². The summed E-state index contributed by atoms with van der Waals surface area (Å²) in [6.07, 6.45) is 0.828. The molecule has 1 amide bonds. The van der Waals surface area contributed by atoms with Crippen LogP contribution in [-0.2, 0) is 0 Å². The van der Waals surface area contributed by atoms with Crippen molar-refractivity contribution in [2.45, 2.75) is 18.4 Å². The van der Waals surface area contributed by atoms with Crippen LogP contribution in [-0.4, -0.2) is 29.9 Å². The van der Waals surface area contributed by atoms with Gasteiger partial charge in [0.05, 0.1) is 0 Å². The molecule has 120 valence electrons. The lowest BCUT2D eigenvalue weighted by Crippen LogP contribution is -2.48. The summed E-state index contributed by atoms with van der Waals surface area (Å²) in [5, 5.41) is 0.688. The predicted octanol–water partition coefficient (Wildman–Crippen LogP) is 3.44. The van der Waals surface area contributed by atoms with E-state index in [4.69, 9.17) is 17.3 Å². The number of carbonyl (C=O) groups is 1. The molecule has 0 radical (unpaired) electrons. The van der Waals surface area contributed by atoms with Gasteiger partial charge in [0.1, 0.15) is 5.82 Å². The van der Waals surface area contributed by atoms with Gasteiger partial charge in [-0.15, -0.1) is 0 Å². The van der Waals surface area contributed by atoms with Gasteiger partial charge in [0.25, 0.3) is 5.91 Å². The van der Waals surface area contributed by atoms with E-state index in [0.717, 1.165) is 12.0 Å². The second-order valence-corrected chi connectivity index (χ2v) is 6.40. The molecule has 0 saturated carbocycles. The third kappa shape index (κ3) is 3.71. The van der Waals surface area contributed by atoms with Gasteiger partial charge in [-0.05, 0) is 48.4 Å². The number of hydrogen-bond donors (Lipinski definition) is 1. The molecule has 0 aromatic heterocycles. The van der Waals surface area contributed by atoms with Gasteiger partial charge in [-0.25, -0.2) is 4.39 Å². The number of halogens is 2. The van der Waals surface area contributed by atoms with Crippen LogP contribution in [0.25, 0.3) is 0 Å². The van der Waals surface area contributed by atoms with Crippen molar-refractivity contribution < 1.29 is 9.18 Å². The number of benzene rings is 2. The molecule has 1 heterocycles. The zero-order chi connectivity index (χ0) is 16.4. The quantitative estimate of drug-likeness (QED) is 0.915. The van der Waals surface area contributed by atoms with Crippen molar-refractivity contribution >= 4 is 17.5 Å². The Hall–Kier alpha value is -1.91. The molecule has 2 aromatic carbocycles. The first-order valence-electron chi connectivity index (χ1n) is 7.59. The highest BCUT2D eigenvalue weighted by Gasteiger charge is 2.29. The summed E-state index contributed by atoms with van der Waals surface area (Å²) in [5.41, 5.74) is 7.75. The number of nitrogens with zero attached hydrogens (tertiary/aromatic N) is 1. The first kappa shape index (κ1) is 16.0. The van der Waals surface area contributed by atoms with Crippen LogP contribution in [0.1, 0.15) is 28.3 Å². The smallest absolute Gasteiger partial charge is 0.253 e. The third-order valence-electron chi connectivity index (χ3n) is 4.20. The fourth-order valence-electron chi connectivity index (χ4n) is 3.06. The summed E-state index contributed by atoms with van der Waals surface area (Å²) in [5.74, 6) is -0.282. The van der Waals surface area contributed by atoms with Gasteiger partial charge < -0.3 is 10.6 Å². The van der Waals surface area contributed by atoms with Crippen LogP contribution < -0.4 is 5.73 Å². The van der Waals surface area contributed by atoms with Gasteiger partial charge in [0.2, 0.25) is 0 Å². The Morgan fingerprint density at radius 3 is 2.39 bits per heavy atom. The highest BCUT2D eigenvalue weighted by Crippen LogP contribution is 2.28. The third-order valence-corrected chi connectivity index (χ3v) is 4.45. The van der Waals surface area contributed by atoms with Crippen molar-refractivity contribution in [1.82, 2.24) is 4.90 Å². The maximum absolute atomic E-state index is 13.0. The van der Waals surface area contributed by atoms with Crippen LogP contribution in [0.2, 0.25) is 5.02 Å². The van der Waals surface area contributed by atoms with Crippen molar-refractivity contribution in [3.8, 4) is 0 Å². The minimum atomic E-state index is -0.351. The number of hydrogen-bond acceptors (Lipinski definition) is 2. The summed E-state index contributed by atoms with van der Waals surface area (Å²) in [4.78, 5) is 14.4. The first-order valence-corrected chi connectivity index (χ1v) is 7.96. The average molecular weight is 333 g/mol. The molecule has 23 heavy (non-hydrogen) atoms. The molecule has 0 spiro atoms. The molecule has 1 aliphatic heterocycles. The molecule has 2 unspecified atom stereocenters. The topological polar surface area (TPSA) is 46.3 Å². The Labute approximate surface area is 139 Å². The highest BCUT2D eigenvalue weighted by atomic mass is 35.5. The molecule has 0 aliphatic carbocycles. The average Bonchev–Trinajstić information content (AvgIpc) is 2.55. The zero-order valence-electron chi connectivity index (χ0n) is 12.6. The summed E-state index contributed by atoms with van der Waals surface area (Å²) >= 11 is 5.93. The van der Waals surface area contributed by atoms with E-state index in [-0.39, 0.29) is 23.7 Å². The summed E-state index contributed by atoms with van der Waals surface area (Å²) in [7, 11) is 0. The molecule has 3 rings (SSSR count). The van der Waals surface area contributed by atoms with Gasteiger partial charge in [-0.1, -0.05) is 23.7 Å². The van der Waals surface area contributed by atoms with E-state index in [9.17, 15) is 9.18 Å². The minimum Gasteiger partial charge on any atom is -0.336 e. The number of piperidine rings is 1. The number of rotatable bonds is 2. The normalized spacial score (nSPS) is 21.3. The fraction of sp³-hybridized carbons (Fsp3) is 0.278. The van der Waals surface area contributed by atoms with Crippen LogP contribution in [0.15, 0.2) is 48.5 Å². The molecule has 0 bridgehead atoms. The number of nitrogens with two attached hydrogens (primary N) is 1. The molecular weight excluding hydrogens is 315 g/mol. The molecule has 5 heteroatoms. The molecular formula is C18H18ClFN2O. The monoisotopic (exact) mass is 332 g/mol. The SMILES string of the molecule is NC1CC(c2ccc(Cl)cc2)CN(C(=O)c2ccc(F)cc2)C1. The summed E-state index contributed by atoms with van der Waals surface area (Å²) in [6, 6.07) is 13.2. The molecule has 1 fully saturated rings. The fourth-order valence-corrected chi connectivity index (χ4v) is 3.18. The van der Waals surface area contributed by atoms with Gasteiger partial charge in [0.15, 0.2) is 0 Å². The van der Waals surface area contributed by atoms with E-state index in [1.165, 1.54) is 24.3 Å². The van der Waals surface area contributed by atoms with Crippen LogP contribution in [0.4, 0.5) is 4.39 Å². The van der Waals surface area contributed by atoms with E-state index < -0.39 is 0 Å². The lowest BCUT2D eigenvalue weighted by molar-refractivity contribution is 0.0689. The first-order chi connectivity index (χ1) is 11.0. The molecule has 1 saturated heterocycles. The van der Waals surface area contributed by atoms with Crippen LogP contribution >= 0.6 is 11.6 Å². The van der Waals surface area contributed by atoms with E-state index >= 15 is 0 Å². The van der Waals surface area contributed by atoms with Crippen molar-refractivity contribution in [3.63, 3.8) is 0 Å². The van der Waals surface area contributed by atoms with Crippen molar-refractivity contribution in [2.75, 3.05) is 13.1 Å². The van der Waals surface area contributed by atoms with Crippen LogP contribution in [0, 0.1) is 5.82 Å². The van der Waals surface area contributed by atoms with Crippen molar-refractivity contribution in [1.29, 1.82) is 0 Å². The maximum atomic E-state index is 13.0. The Bertz CT molecular complexity index is 687. The standard InChI is InChI=1S/C18H18ClFN2O/c19-15-5-1-12(2-6-15)14-9-17(21)11-22(10-14)18(23)13-3-7-16(20)8-4-13/h1-8,14,17H,9-11,21H2. The number of amides is 1. The zero-order valence-corrected chi connectivity index (χ0v) is 13.3. The second-order valence-electron chi connectivity index (χ2n) is 5.96. The Morgan fingerprint density at radius 2 is 1.74 bits per heavy atom. The van der Waals surface area contributed by atoms with Crippen LogP contribution in [0.5, 0.6) is 0 Å². The highest BCUT2D eigenvalue weighted by molar-refractivity contribution is 6.30. The Kier molecular flexibility index (Phi) is 4.64. The predicted molar refractivity (Wildman–Crippen MR) is 89.1 cm³/mol. The Balaban J connectivity index is 1.78. The lowest BCUT2D eigenvalue weighted by Gasteiger charge is -2.36.